The molecule has 1 unspecified atom stereocenters. The van der Waals surface area contributed by atoms with Crippen LogP contribution in [0.2, 0.25) is 0 Å². The number of benzene rings is 1. The number of carboxylic acids is 1. The highest BCUT2D eigenvalue weighted by molar-refractivity contribution is 6.40. The van der Waals surface area contributed by atoms with Gasteiger partial charge in [-0.2, -0.15) is 5.10 Å². The number of carboxylic acid groups (broad SMARTS) is 1. The van der Waals surface area contributed by atoms with E-state index in [0.717, 1.165) is 25.9 Å². The second kappa shape index (κ2) is 8.73. The molecule has 2 heterocycles. The number of likely N-dealkylation sites (tertiary alicyclic amines) is 1. The van der Waals surface area contributed by atoms with Crippen molar-refractivity contribution < 1.29 is 14.7 Å². The molecule has 0 aliphatic carbocycles. The molecule has 1 fully saturated rings. The van der Waals surface area contributed by atoms with Crippen LogP contribution in [-0.2, 0) is 9.59 Å². The summed E-state index contributed by atoms with van der Waals surface area (Å²) >= 11 is 0. The summed E-state index contributed by atoms with van der Waals surface area (Å²) in [5, 5.41) is 15.6. The Morgan fingerprint density at radius 3 is 2.43 bits per heavy atom. The van der Waals surface area contributed by atoms with Gasteiger partial charge in [-0.1, -0.05) is 32.0 Å². The molecule has 1 aromatic carbocycles. The van der Waals surface area contributed by atoms with Gasteiger partial charge in [0, 0.05) is 19.0 Å². The first-order valence-electron chi connectivity index (χ1n) is 10.0. The Labute approximate surface area is 166 Å². The number of hydrogen-bond donors (Lipinski definition) is 1. The lowest BCUT2D eigenvalue weighted by molar-refractivity contribution is -0.138. The Morgan fingerprint density at radius 1 is 1.21 bits per heavy atom. The van der Waals surface area contributed by atoms with Crippen LogP contribution in [0, 0.1) is 5.92 Å². The number of nitrogens with zero attached hydrogens (tertiary/aromatic N) is 4. The molecule has 1 amide bonds. The Kier molecular flexibility index (Phi) is 6.34. The summed E-state index contributed by atoms with van der Waals surface area (Å²) in [4.78, 5) is 29.4. The summed E-state index contributed by atoms with van der Waals surface area (Å²) in [5.74, 6) is -0.746. The number of carbonyl (C=O) groups excluding carboxylic acids is 1. The summed E-state index contributed by atoms with van der Waals surface area (Å²) in [6, 6.07) is 8.52. The molecule has 0 saturated carbocycles. The van der Waals surface area contributed by atoms with Crippen molar-refractivity contribution in [3.63, 3.8) is 0 Å². The molecule has 1 atom stereocenters. The number of hydrazone groups is 1. The van der Waals surface area contributed by atoms with E-state index in [1.165, 1.54) is 5.01 Å². The van der Waals surface area contributed by atoms with Crippen LogP contribution in [0.1, 0.15) is 33.1 Å². The number of hydrogen-bond acceptors (Lipinski definition) is 5. The second-order valence-corrected chi connectivity index (χ2v) is 8.17. The quantitative estimate of drug-likeness (QED) is 0.812. The van der Waals surface area contributed by atoms with Crippen molar-refractivity contribution in [2.45, 2.75) is 45.2 Å². The SMILES string of the molecule is CC(C)CN(C(=O)C1=NN(c2ccccc2)C(C(=O)O)C1)C1CCN(C)CC1. The van der Waals surface area contributed by atoms with Crippen LogP contribution in [-0.4, -0.2) is 71.3 Å². The maximum Gasteiger partial charge on any atom is 0.328 e. The molecule has 0 radical (unpaired) electrons. The van der Waals surface area contributed by atoms with E-state index < -0.39 is 12.0 Å². The van der Waals surface area contributed by atoms with Gasteiger partial charge in [0.15, 0.2) is 6.04 Å². The fraction of sp³-hybridized carbons (Fsp3) is 0.571. The van der Waals surface area contributed by atoms with Crippen LogP contribution >= 0.6 is 0 Å². The van der Waals surface area contributed by atoms with Crippen LogP contribution < -0.4 is 5.01 Å². The molecule has 2 aliphatic heterocycles. The van der Waals surface area contributed by atoms with Gasteiger partial charge in [0.1, 0.15) is 5.71 Å². The number of aliphatic carboxylic acids is 1. The first-order chi connectivity index (χ1) is 13.4. The largest absolute Gasteiger partial charge is 0.480 e. The van der Waals surface area contributed by atoms with E-state index in [4.69, 9.17) is 0 Å². The van der Waals surface area contributed by atoms with E-state index in [1.54, 1.807) is 0 Å². The maximum absolute atomic E-state index is 13.4. The van der Waals surface area contributed by atoms with Gasteiger partial charge in [0.25, 0.3) is 5.91 Å². The zero-order valence-corrected chi connectivity index (χ0v) is 16.9. The summed E-state index contributed by atoms with van der Waals surface area (Å²) in [5.41, 5.74) is 1.03. The molecule has 28 heavy (non-hydrogen) atoms. The molecule has 1 saturated heterocycles. The smallest absolute Gasteiger partial charge is 0.328 e. The average molecular weight is 386 g/mol. The van der Waals surface area contributed by atoms with Crippen LogP contribution in [0.5, 0.6) is 0 Å². The van der Waals surface area contributed by atoms with Crippen LogP contribution in [0.3, 0.4) is 0 Å². The number of piperidine rings is 1. The molecule has 7 nitrogen and oxygen atoms in total. The minimum Gasteiger partial charge on any atom is -0.480 e. The molecule has 7 heteroatoms. The predicted octanol–water partition coefficient (Wildman–Crippen LogP) is 2.28. The van der Waals surface area contributed by atoms with Crippen molar-refractivity contribution in [1.82, 2.24) is 9.80 Å². The molecule has 3 rings (SSSR count). The molecule has 0 bridgehead atoms. The van der Waals surface area contributed by atoms with E-state index in [2.05, 4.69) is 30.9 Å². The minimum absolute atomic E-state index is 0.118. The average Bonchev–Trinajstić information content (AvgIpc) is 3.13. The van der Waals surface area contributed by atoms with Crippen molar-refractivity contribution in [2.24, 2.45) is 11.0 Å². The van der Waals surface area contributed by atoms with Gasteiger partial charge < -0.3 is 14.9 Å². The van der Waals surface area contributed by atoms with Crippen molar-refractivity contribution in [1.29, 1.82) is 0 Å². The molecular weight excluding hydrogens is 356 g/mol. The van der Waals surface area contributed by atoms with Gasteiger partial charge in [-0.05, 0) is 51.0 Å². The fourth-order valence-corrected chi connectivity index (χ4v) is 3.91. The van der Waals surface area contributed by atoms with Gasteiger partial charge >= 0.3 is 5.97 Å². The van der Waals surface area contributed by atoms with E-state index in [-0.39, 0.29) is 18.4 Å². The van der Waals surface area contributed by atoms with Gasteiger partial charge in [-0.3, -0.25) is 9.80 Å². The van der Waals surface area contributed by atoms with Crippen molar-refractivity contribution in [2.75, 3.05) is 31.7 Å². The number of para-hydroxylation sites is 1. The molecule has 1 aromatic rings. The maximum atomic E-state index is 13.4. The molecule has 0 spiro atoms. The third-order valence-corrected chi connectivity index (χ3v) is 5.41. The standard InChI is InChI=1S/C21H30N4O3/c1-15(2)14-24(16-9-11-23(3)12-10-16)20(26)18-13-19(21(27)28)25(22-18)17-7-5-4-6-8-17/h4-8,15-16,19H,9-14H2,1-3H3,(H,27,28). The van der Waals surface area contributed by atoms with E-state index in [1.807, 2.05) is 35.2 Å². The molecule has 2 aliphatic rings. The van der Waals surface area contributed by atoms with Gasteiger partial charge in [0.05, 0.1) is 5.69 Å². The highest BCUT2D eigenvalue weighted by atomic mass is 16.4. The zero-order chi connectivity index (χ0) is 20.3. The van der Waals surface area contributed by atoms with E-state index in [0.29, 0.717) is 23.9 Å². The number of anilines is 1. The fourth-order valence-electron chi connectivity index (χ4n) is 3.91. The highest BCUT2D eigenvalue weighted by Crippen LogP contribution is 2.26. The number of rotatable bonds is 6. The Morgan fingerprint density at radius 2 is 1.86 bits per heavy atom. The summed E-state index contributed by atoms with van der Waals surface area (Å²) in [6.45, 7) is 6.79. The minimum atomic E-state index is -0.967. The van der Waals surface area contributed by atoms with Crippen LogP contribution in [0.15, 0.2) is 35.4 Å². The lowest BCUT2D eigenvalue weighted by Gasteiger charge is -2.38. The predicted molar refractivity (Wildman–Crippen MR) is 109 cm³/mol. The molecule has 1 N–H and O–H groups in total. The third-order valence-electron chi connectivity index (χ3n) is 5.41. The highest BCUT2D eigenvalue weighted by Gasteiger charge is 2.39. The van der Waals surface area contributed by atoms with Crippen molar-refractivity contribution in [3.8, 4) is 0 Å². The number of carbonyl (C=O) groups is 2. The second-order valence-electron chi connectivity index (χ2n) is 8.17. The third kappa shape index (κ3) is 4.52. The monoisotopic (exact) mass is 386 g/mol. The van der Waals surface area contributed by atoms with Crippen molar-refractivity contribution >= 4 is 23.3 Å². The molecular formula is C21H30N4O3. The van der Waals surface area contributed by atoms with Gasteiger partial charge in [0.2, 0.25) is 0 Å². The Balaban J connectivity index is 1.84. The molecule has 152 valence electrons. The summed E-state index contributed by atoms with van der Waals surface area (Å²) in [7, 11) is 2.10. The number of amides is 1. The van der Waals surface area contributed by atoms with E-state index in [9.17, 15) is 14.7 Å². The van der Waals surface area contributed by atoms with Crippen LogP contribution in [0.25, 0.3) is 0 Å². The van der Waals surface area contributed by atoms with Crippen molar-refractivity contribution in [3.05, 3.63) is 30.3 Å². The summed E-state index contributed by atoms with van der Waals surface area (Å²) < 4.78 is 0. The summed E-state index contributed by atoms with van der Waals surface area (Å²) in [6.07, 6.45) is 2.00. The normalized spacial score (nSPS) is 21.1. The molecule has 0 aromatic heterocycles. The zero-order valence-electron chi connectivity index (χ0n) is 16.9. The van der Waals surface area contributed by atoms with Crippen LogP contribution in [0.4, 0.5) is 5.69 Å². The first-order valence-corrected chi connectivity index (χ1v) is 10.0. The lowest BCUT2D eigenvalue weighted by atomic mass is 10.0. The Bertz CT molecular complexity index is 726. The lowest BCUT2D eigenvalue weighted by Crippen LogP contribution is -2.50. The first kappa shape index (κ1) is 20.3. The van der Waals surface area contributed by atoms with Gasteiger partial charge in [-0.15, -0.1) is 0 Å². The Hall–Kier alpha value is -2.41. The van der Waals surface area contributed by atoms with E-state index >= 15 is 0 Å². The van der Waals surface area contributed by atoms with Gasteiger partial charge in [-0.25, -0.2) is 4.79 Å². The topological polar surface area (TPSA) is 76.5 Å².